The van der Waals surface area contributed by atoms with Crippen molar-refractivity contribution in [1.82, 2.24) is 60.8 Å². The van der Waals surface area contributed by atoms with Crippen LogP contribution in [-0.4, -0.2) is 76.7 Å². The second kappa shape index (κ2) is 30.3. The molecule has 462 valence electrons. The van der Waals surface area contributed by atoms with Crippen LogP contribution in [-0.2, 0) is 38.9 Å². The number of carbonyl (C=O) groups excluding carboxylic acids is 3. The molecule has 3 amide bonds. The Bertz CT molecular complexity index is 4490. The van der Waals surface area contributed by atoms with E-state index in [0.29, 0.717) is 76.5 Å². The van der Waals surface area contributed by atoms with Crippen LogP contribution in [0.4, 0.5) is 17.5 Å². The second-order valence-corrected chi connectivity index (χ2v) is 22.9. The number of nitrogen functional groups attached to an aromatic ring is 1. The first-order chi connectivity index (χ1) is 44.5. The molecule has 0 unspecified atom stereocenters. The van der Waals surface area contributed by atoms with Gasteiger partial charge in [-0.25, -0.2) is 15.0 Å². The summed E-state index contributed by atoms with van der Waals surface area (Å²) in [5.41, 5.74) is 21.2. The predicted octanol–water partition coefficient (Wildman–Crippen LogP) is 13.2. The lowest BCUT2D eigenvalue weighted by Gasteiger charge is -2.10. The number of benzene rings is 3. The molecule has 0 aliphatic rings. The number of nitrogens with zero attached hydrogens (tertiary/aromatic N) is 9. The van der Waals surface area contributed by atoms with Crippen molar-refractivity contribution in [2.45, 2.75) is 59.7 Å². The van der Waals surface area contributed by atoms with Crippen LogP contribution in [0.1, 0.15) is 98.6 Å². The molecule has 0 saturated carbocycles. The maximum absolute atomic E-state index is 12.7. The topological polar surface area (TPSA) is 253 Å². The molecule has 0 spiro atoms. The third kappa shape index (κ3) is 17.4. The summed E-state index contributed by atoms with van der Waals surface area (Å²) in [6.45, 7) is 6.94. The van der Waals surface area contributed by atoms with Crippen molar-refractivity contribution in [2.75, 3.05) is 30.5 Å². The monoisotopic (exact) mass is 1280 g/mol. The summed E-state index contributed by atoms with van der Waals surface area (Å²) < 4.78 is 0. The van der Waals surface area contributed by atoms with Gasteiger partial charge in [0.05, 0.1) is 31.6 Å². The smallest absolute Gasteiger partial charge is 0.251 e. The van der Waals surface area contributed by atoms with Crippen LogP contribution in [0.15, 0.2) is 183 Å². The van der Waals surface area contributed by atoms with E-state index in [4.69, 9.17) is 40.5 Å². The quantitative estimate of drug-likeness (QED) is 0.0496. The summed E-state index contributed by atoms with van der Waals surface area (Å²) in [7, 11) is 3.66. The molecule has 12 aromatic rings. The largest absolute Gasteiger partial charge is 0.384 e. The van der Waals surface area contributed by atoms with Crippen molar-refractivity contribution in [3.63, 3.8) is 0 Å². The molecule has 9 heterocycles. The van der Waals surface area contributed by atoms with E-state index in [1.807, 2.05) is 156 Å². The van der Waals surface area contributed by atoms with Gasteiger partial charge in [0.15, 0.2) is 0 Å². The number of amides is 3. The molecular weight excluding hydrogens is 1220 g/mol. The molecule has 0 aliphatic heterocycles. The van der Waals surface area contributed by atoms with E-state index in [1.165, 1.54) is 0 Å². The zero-order chi connectivity index (χ0) is 64.7. The van der Waals surface area contributed by atoms with E-state index in [1.54, 1.807) is 61.4 Å². The molecule has 7 N–H and O–H groups in total. The number of hydrogen-bond acceptors (Lipinski definition) is 15. The number of halogens is 3. The summed E-state index contributed by atoms with van der Waals surface area (Å²) in [6, 6.07) is 45.7. The summed E-state index contributed by atoms with van der Waals surface area (Å²) in [6.07, 6.45) is 11.7. The van der Waals surface area contributed by atoms with Crippen LogP contribution in [0.2, 0.25) is 15.1 Å². The van der Waals surface area contributed by atoms with E-state index in [0.717, 1.165) is 112 Å². The number of carbonyl (C=O) groups is 3. The predicted molar refractivity (Wildman–Crippen MR) is 365 cm³/mol. The van der Waals surface area contributed by atoms with Gasteiger partial charge in [0.25, 0.3) is 17.7 Å². The van der Waals surface area contributed by atoms with Crippen molar-refractivity contribution >= 4 is 103 Å². The number of anilines is 3. The standard InChI is InChI=1S/2C24H22ClN5O.C23H20ClN5O/c2*1-15-18(4-6-23(26-2)30-15)13-29-24(31)17-7-8-27-21(12-17)10-16-3-5-22-19(9-16)11-20(25)14-28-22;1-14-17(3-5-22(25)29-14)12-28-23(30)16-6-7-26-20(11-16)9-15-2-4-21-18(8-15)10-19(24)13-27-21/h2*3-9,11-12,14H,10,13H2,1-2H3,(H,26,30)(H,29,31);2-8,10-11,13H,9,12H2,1H3,(H2,25,29)(H,28,30). The minimum Gasteiger partial charge on any atom is -0.384 e. The molecule has 18 nitrogen and oxygen atoms in total. The van der Waals surface area contributed by atoms with Crippen LogP contribution >= 0.6 is 34.8 Å². The first-order valence-corrected chi connectivity index (χ1v) is 30.5. The minimum absolute atomic E-state index is 0.143. The van der Waals surface area contributed by atoms with Gasteiger partial charge in [0.1, 0.15) is 17.5 Å². The highest BCUT2D eigenvalue weighted by atomic mass is 35.5. The van der Waals surface area contributed by atoms with Gasteiger partial charge >= 0.3 is 0 Å². The van der Waals surface area contributed by atoms with E-state index in [2.05, 4.69) is 71.4 Å². The fraction of sp³-hybridized carbons (Fsp3) is 0.155. The van der Waals surface area contributed by atoms with Crippen LogP contribution in [0, 0.1) is 20.8 Å². The zero-order valence-corrected chi connectivity index (χ0v) is 53.3. The lowest BCUT2D eigenvalue weighted by Crippen LogP contribution is -2.23. The van der Waals surface area contributed by atoms with Crippen molar-refractivity contribution in [1.29, 1.82) is 0 Å². The fourth-order valence-corrected chi connectivity index (χ4v) is 10.5. The molecule has 0 radical (unpaired) electrons. The van der Waals surface area contributed by atoms with E-state index < -0.39 is 0 Å². The molecule has 92 heavy (non-hydrogen) atoms. The summed E-state index contributed by atoms with van der Waals surface area (Å²) in [5.74, 6) is 1.62. The molecule has 3 aromatic carbocycles. The third-order valence-corrected chi connectivity index (χ3v) is 15.6. The molecule has 9 aromatic heterocycles. The van der Waals surface area contributed by atoms with Gasteiger partial charge in [-0.05, 0) is 163 Å². The first kappa shape index (κ1) is 64.5. The van der Waals surface area contributed by atoms with Gasteiger partial charge in [-0.2, -0.15) is 0 Å². The van der Waals surface area contributed by atoms with Gasteiger partial charge in [0, 0.05) is 157 Å². The van der Waals surface area contributed by atoms with Gasteiger partial charge < -0.3 is 32.3 Å². The number of hydrogen-bond donors (Lipinski definition) is 6. The van der Waals surface area contributed by atoms with E-state index >= 15 is 0 Å². The highest BCUT2D eigenvalue weighted by Gasteiger charge is 2.14. The summed E-state index contributed by atoms with van der Waals surface area (Å²) in [5, 5.41) is 19.6. The Morgan fingerprint density at radius 1 is 0.391 bits per heavy atom. The van der Waals surface area contributed by atoms with E-state index in [-0.39, 0.29) is 17.7 Å². The fourth-order valence-electron chi connectivity index (χ4n) is 10.0. The van der Waals surface area contributed by atoms with Gasteiger partial charge in [-0.1, -0.05) is 71.2 Å². The third-order valence-electron chi connectivity index (χ3n) is 15.0. The Balaban J connectivity index is 0.000000151. The van der Waals surface area contributed by atoms with Crippen LogP contribution in [0.25, 0.3) is 32.7 Å². The molecule has 12 rings (SSSR count). The number of pyridine rings is 9. The Labute approximate surface area is 547 Å². The molecule has 0 aliphatic carbocycles. The highest BCUT2D eigenvalue weighted by Crippen LogP contribution is 2.24. The van der Waals surface area contributed by atoms with E-state index in [9.17, 15) is 14.4 Å². The Morgan fingerprint density at radius 2 is 0.717 bits per heavy atom. The molecule has 0 bridgehead atoms. The average molecular weight is 1280 g/mol. The Morgan fingerprint density at radius 3 is 1.03 bits per heavy atom. The highest BCUT2D eigenvalue weighted by molar-refractivity contribution is 6.31. The Hall–Kier alpha value is -10.5. The van der Waals surface area contributed by atoms with Crippen molar-refractivity contribution < 1.29 is 14.4 Å². The van der Waals surface area contributed by atoms with Crippen molar-refractivity contribution in [3.05, 3.63) is 282 Å². The summed E-state index contributed by atoms with van der Waals surface area (Å²) in [4.78, 5) is 77.3. The SMILES string of the molecule is CNc1ccc(CNC(=O)c2ccnc(Cc3ccc4ncc(Cl)cc4c3)c2)c(C)n1.CNc1ccc(CNC(=O)c2ccnc(Cc3ccc4ncc(Cl)cc4c3)c2)c(C)n1.Cc1nc(N)ccc1CNC(=O)c1ccnc(Cc2ccc3ncc(Cl)cc3c2)c1. The van der Waals surface area contributed by atoms with Crippen molar-refractivity contribution in [2.24, 2.45) is 0 Å². The normalized spacial score (nSPS) is 10.8. The van der Waals surface area contributed by atoms with Crippen LogP contribution in [0.3, 0.4) is 0 Å². The molecule has 0 atom stereocenters. The van der Waals surface area contributed by atoms with Crippen LogP contribution < -0.4 is 32.3 Å². The van der Waals surface area contributed by atoms with Crippen LogP contribution in [0.5, 0.6) is 0 Å². The zero-order valence-electron chi connectivity index (χ0n) is 51.0. The van der Waals surface area contributed by atoms with Gasteiger partial charge in [-0.15, -0.1) is 0 Å². The molecular formula is C71H64Cl3N15O3. The molecule has 0 fully saturated rings. The van der Waals surface area contributed by atoms with Crippen molar-refractivity contribution in [3.8, 4) is 0 Å². The summed E-state index contributed by atoms with van der Waals surface area (Å²) >= 11 is 18.2. The number of rotatable bonds is 17. The minimum atomic E-state index is -0.163. The number of nitrogens with one attached hydrogen (secondary N) is 5. The lowest BCUT2D eigenvalue weighted by atomic mass is 10.0. The number of aryl methyl sites for hydroxylation is 3. The lowest BCUT2D eigenvalue weighted by molar-refractivity contribution is 0.0942. The van der Waals surface area contributed by atoms with Gasteiger partial charge in [-0.3, -0.25) is 44.3 Å². The number of fused-ring (bicyclic) bond motifs is 3. The number of aromatic nitrogens is 9. The molecule has 21 heteroatoms. The maximum Gasteiger partial charge on any atom is 0.251 e. The Kier molecular flexibility index (Phi) is 21.2. The number of nitrogens with two attached hydrogens (primary N) is 1. The molecule has 0 saturated heterocycles. The maximum atomic E-state index is 12.7. The van der Waals surface area contributed by atoms with Gasteiger partial charge in [0.2, 0.25) is 0 Å². The average Bonchev–Trinajstić information content (AvgIpc) is 1.50. The second-order valence-electron chi connectivity index (χ2n) is 21.6. The first-order valence-electron chi connectivity index (χ1n) is 29.3.